The average molecular weight is 307 g/mol. The summed E-state index contributed by atoms with van der Waals surface area (Å²) in [6.07, 6.45) is 4.46. The topological polar surface area (TPSA) is 18.5 Å². The van der Waals surface area contributed by atoms with Crippen LogP contribution in [0, 0.1) is 5.92 Å². The molecular weight excluding hydrogens is 280 g/mol. The Morgan fingerprint density at radius 2 is 1.94 bits per heavy atom. The van der Waals surface area contributed by atoms with Crippen molar-refractivity contribution in [2.75, 3.05) is 11.9 Å². The first-order valence-electron chi connectivity index (χ1n) is 6.47. The monoisotopic (exact) mass is 306 g/mol. The van der Waals surface area contributed by atoms with Crippen LogP contribution < -0.4 is 0 Å². The second-order valence-electron chi connectivity index (χ2n) is 4.67. The van der Waals surface area contributed by atoms with E-state index < -0.39 is 0 Å². The van der Waals surface area contributed by atoms with Gasteiger partial charge in [-0.2, -0.15) is 0 Å². The van der Waals surface area contributed by atoms with Crippen LogP contribution in [0.25, 0.3) is 0 Å². The number of rotatable bonds is 9. The predicted molar refractivity (Wildman–Crippen MR) is 77.6 cm³/mol. The molecule has 0 radical (unpaired) electrons. The van der Waals surface area contributed by atoms with Crippen molar-refractivity contribution in [1.82, 2.24) is 0 Å². The number of ether oxygens (including phenoxy) is 2. The fourth-order valence-electron chi connectivity index (χ4n) is 1.65. The summed E-state index contributed by atoms with van der Waals surface area (Å²) < 4.78 is 11.4. The maximum Gasteiger partial charge on any atom is 0.155 e. The van der Waals surface area contributed by atoms with Gasteiger partial charge in [0, 0.05) is 11.9 Å². The number of alkyl halides is 1. The van der Waals surface area contributed by atoms with E-state index in [1.165, 1.54) is 5.57 Å². The first-order valence-corrected chi connectivity index (χ1v) is 7.59. The predicted octanol–water partition coefficient (Wildman–Crippen LogP) is 4.53. The maximum atomic E-state index is 5.97. The molecule has 0 aliphatic carbocycles. The first kappa shape index (κ1) is 17.1. The molecule has 0 N–H and O–H groups in total. The van der Waals surface area contributed by atoms with Crippen molar-refractivity contribution in [3.8, 4) is 0 Å². The summed E-state index contributed by atoms with van der Waals surface area (Å²) >= 11 is 3.49. The molecule has 0 heterocycles. The van der Waals surface area contributed by atoms with Gasteiger partial charge < -0.3 is 9.47 Å². The Morgan fingerprint density at radius 1 is 1.29 bits per heavy atom. The molecule has 0 bridgehead atoms. The fourth-order valence-corrected chi connectivity index (χ4v) is 2.37. The van der Waals surface area contributed by atoms with Crippen LogP contribution in [0.4, 0.5) is 0 Å². The molecule has 3 heteroatoms. The van der Waals surface area contributed by atoms with Gasteiger partial charge in [-0.15, -0.1) is 0 Å². The van der Waals surface area contributed by atoms with Gasteiger partial charge in [0.1, 0.15) is 0 Å². The lowest BCUT2D eigenvalue weighted by Gasteiger charge is -2.26. The van der Waals surface area contributed by atoms with Gasteiger partial charge in [-0.25, -0.2) is 0 Å². The molecule has 0 aromatic rings. The zero-order valence-electron chi connectivity index (χ0n) is 11.8. The van der Waals surface area contributed by atoms with Gasteiger partial charge in [-0.1, -0.05) is 34.5 Å². The minimum atomic E-state index is -0.117. The highest BCUT2D eigenvalue weighted by molar-refractivity contribution is 9.09. The molecule has 0 saturated carbocycles. The summed E-state index contributed by atoms with van der Waals surface area (Å²) in [6, 6.07) is 0. The van der Waals surface area contributed by atoms with E-state index in [2.05, 4.69) is 42.8 Å². The van der Waals surface area contributed by atoms with E-state index in [0.717, 1.165) is 18.2 Å². The van der Waals surface area contributed by atoms with E-state index in [4.69, 9.17) is 9.47 Å². The van der Waals surface area contributed by atoms with Gasteiger partial charge in [0.2, 0.25) is 0 Å². The van der Waals surface area contributed by atoms with Crippen molar-refractivity contribution < 1.29 is 9.47 Å². The molecule has 0 fully saturated rings. The maximum absolute atomic E-state index is 5.97. The molecule has 2 nitrogen and oxygen atoms in total. The van der Waals surface area contributed by atoms with Crippen molar-refractivity contribution in [2.45, 2.75) is 59.9 Å². The normalized spacial score (nSPS) is 16.4. The van der Waals surface area contributed by atoms with Crippen LogP contribution in [0.2, 0.25) is 0 Å². The summed E-state index contributed by atoms with van der Waals surface area (Å²) in [5.41, 5.74) is 1.34. The van der Waals surface area contributed by atoms with Crippen LogP contribution in [0.15, 0.2) is 11.6 Å². The Labute approximate surface area is 115 Å². The lowest BCUT2D eigenvalue weighted by atomic mass is 9.98. The highest BCUT2D eigenvalue weighted by Crippen LogP contribution is 2.19. The zero-order chi connectivity index (χ0) is 13.3. The van der Waals surface area contributed by atoms with E-state index in [0.29, 0.717) is 12.5 Å². The molecule has 3 unspecified atom stereocenters. The molecule has 0 amide bonds. The lowest BCUT2D eigenvalue weighted by molar-refractivity contribution is -0.167. The lowest BCUT2D eigenvalue weighted by Crippen LogP contribution is -2.28. The summed E-state index contributed by atoms with van der Waals surface area (Å²) in [7, 11) is 0. The highest BCUT2D eigenvalue weighted by Gasteiger charge is 2.19. The van der Waals surface area contributed by atoms with Gasteiger partial charge >= 0.3 is 0 Å². The molecular formula is C14H27BrO2. The average Bonchev–Trinajstić information content (AvgIpc) is 2.24. The Bertz CT molecular complexity index is 212. The van der Waals surface area contributed by atoms with Crippen molar-refractivity contribution in [3.05, 3.63) is 11.6 Å². The minimum Gasteiger partial charge on any atom is -0.353 e. The smallest absolute Gasteiger partial charge is 0.155 e. The molecule has 0 aliphatic rings. The molecule has 17 heavy (non-hydrogen) atoms. The van der Waals surface area contributed by atoms with Crippen molar-refractivity contribution in [3.63, 3.8) is 0 Å². The third kappa shape index (κ3) is 8.81. The highest BCUT2D eigenvalue weighted by atomic mass is 79.9. The Hall–Kier alpha value is 0.140. The van der Waals surface area contributed by atoms with Gasteiger partial charge in [0.25, 0.3) is 0 Å². The molecule has 0 rings (SSSR count). The Balaban J connectivity index is 4.33. The van der Waals surface area contributed by atoms with E-state index in [1.54, 1.807) is 0 Å². The van der Waals surface area contributed by atoms with Gasteiger partial charge in [0.05, 0.1) is 6.10 Å². The van der Waals surface area contributed by atoms with Crippen LogP contribution >= 0.6 is 15.9 Å². The van der Waals surface area contributed by atoms with Gasteiger partial charge in [-0.05, 0) is 46.5 Å². The summed E-state index contributed by atoms with van der Waals surface area (Å²) in [4.78, 5) is 0. The second kappa shape index (κ2) is 10.1. The number of halogens is 1. The van der Waals surface area contributed by atoms with E-state index in [9.17, 15) is 0 Å². The summed E-state index contributed by atoms with van der Waals surface area (Å²) in [6.45, 7) is 11.1. The van der Waals surface area contributed by atoms with E-state index in [-0.39, 0.29) is 12.4 Å². The number of hydrogen-bond acceptors (Lipinski definition) is 2. The molecule has 102 valence electrons. The quantitative estimate of drug-likeness (QED) is 0.354. The third-order valence-corrected chi connectivity index (χ3v) is 3.18. The van der Waals surface area contributed by atoms with E-state index >= 15 is 0 Å². The zero-order valence-corrected chi connectivity index (χ0v) is 13.4. The molecule has 0 aromatic carbocycles. The molecule has 0 spiro atoms. The first-order chi connectivity index (χ1) is 8.01. The van der Waals surface area contributed by atoms with Crippen LogP contribution in [0.3, 0.4) is 0 Å². The SMILES string of the molecule is CCOC(C)OC(CC=C(C)C)C(C)CCBr. The molecule has 0 aliphatic heterocycles. The molecule has 3 atom stereocenters. The minimum absolute atomic E-state index is 0.117. The molecule has 0 saturated heterocycles. The van der Waals surface area contributed by atoms with Crippen molar-refractivity contribution >= 4 is 15.9 Å². The fraction of sp³-hybridized carbons (Fsp3) is 0.857. The standard InChI is InChI=1S/C14H27BrO2/c1-6-16-13(5)17-14(8-7-11(2)3)12(4)9-10-15/h7,12-14H,6,8-10H2,1-5H3. The van der Waals surface area contributed by atoms with Gasteiger partial charge in [-0.3, -0.25) is 0 Å². The Morgan fingerprint density at radius 3 is 2.41 bits per heavy atom. The summed E-state index contributed by atoms with van der Waals surface area (Å²) in [5, 5.41) is 1.02. The molecule has 0 aromatic heterocycles. The number of hydrogen-bond donors (Lipinski definition) is 0. The number of allylic oxidation sites excluding steroid dienone is 1. The van der Waals surface area contributed by atoms with E-state index in [1.807, 2.05) is 13.8 Å². The van der Waals surface area contributed by atoms with Crippen LogP contribution in [-0.2, 0) is 9.47 Å². The Kier molecular flexibility index (Phi) is 10.2. The van der Waals surface area contributed by atoms with Crippen LogP contribution in [0.1, 0.15) is 47.5 Å². The second-order valence-corrected chi connectivity index (χ2v) is 5.46. The van der Waals surface area contributed by atoms with Crippen molar-refractivity contribution in [1.29, 1.82) is 0 Å². The van der Waals surface area contributed by atoms with Crippen LogP contribution in [0.5, 0.6) is 0 Å². The third-order valence-electron chi connectivity index (χ3n) is 2.73. The van der Waals surface area contributed by atoms with Crippen molar-refractivity contribution in [2.24, 2.45) is 5.92 Å². The largest absolute Gasteiger partial charge is 0.353 e. The summed E-state index contributed by atoms with van der Waals surface area (Å²) in [5.74, 6) is 0.535. The van der Waals surface area contributed by atoms with Crippen LogP contribution in [-0.4, -0.2) is 24.3 Å². The van der Waals surface area contributed by atoms with Gasteiger partial charge in [0.15, 0.2) is 6.29 Å².